The third-order valence-corrected chi connectivity index (χ3v) is 2.78. The number of nitrogens with zero attached hydrogens (tertiary/aromatic N) is 2. The zero-order chi connectivity index (χ0) is 10.1. The van der Waals surface area contributed by atoms with Gasteiger partial charge in [-0.15, -0.1) is 11.3 Å². The minimum atomic E-state index is -0.408. The van der Waals surface area contributed by atoms with E-state index in [1.165, 1.54) is 24.8 Å². The van der Waals surface area contributed by atoms with Gasteiger partial charge in [0.2, 0.25) is 0 Å². The number of hydrogen-bond acceptors (Lipinski definition) is 6. The van der Waals surface area contributed by atoms with Crippen molar-refractivity contribution < 1.29 is 9.53 Å². The van der Waals surface area contributed by atoms with Gasteiger partial charge in [0.25, 0.3) is 0 Å². The van der Waals surface area contributed by atoms with Crippen LogP contribution in [0.1, 0.15) is 10.4 Å². The Morgan fingerprint density at radius 2 is 2.36 bits per heavy atom. The average molecular weight is 209 g/mol. The number of aromatic nitrogens is 2. The second-order valence-electron chi connectivity index (χ2n) is 2.58. The Bertz CT molecular complexity index is 494. The second kappa shape index (κ2) is 3.22. The Morgan fingerprint density at radius 1 is 1.57 bits per heavy atom. The van der Waals surface area contributed by atoms with Crippen LogP contribution in [0.3, 0.4) is 0 Å². The van der Waals surface area contributed by atoms with Crippen LogP contribution in [0.25, 0.3) is 10.2 Å². The summed E-state index contributed by atoms with van der Waals surface area (Å²) in [6.07, 6.45) is 1.33. The first-order valence-electron chi connectivity index (χ1n) is 3.80. The standard InChI is InChI=1S/C8H7N3O2S/c1-13-8(12)4-2-14-6-5(4)10-3-11-7(6)9/h2-3H,1H3,(H2,9,10,11). The number of anilines is 1. The Kier molecular flexibility index (Phi) is 2.05. The summed E-state index contributed by atoms with van der Waals surface area (Å²) in [5.74, 6) is -0.0236. The van der Waals surface area contributed by atoms with Crippen molar-refractivity contribution in [2.24, 2.45) is 0 Å². The monoisotopic (exact) mass is 209 g/mol. The lowest BCUT2D eigenvalue weighted by atomic mass is 10.3. The van der Waals surface area contributed by atoms with Gasteiger partial charge in [-0.2, -0.15) is 0 Å². The van der Waals surface area contributed by atoms with E-state index >= 15 is 0 Å². The van der Waals surface area contributed by atoms with Crippen LogP contribution in [-0.4, -0.2) is 23.0 Å². The lowest BCUT2D eigenvalue weighted by Gasteiger charge is -1.96. The van der Waals surface area contributed by atoms with Crippen molar-refractivity contribution in [3.8, 4) is 0 Å². The summed E-state index contributed by atoms with van der Waals surface area (Å²) in [4.78, 5) is 19.1. The molecule has 0 saturated heterocycles. The first-order chi connectivity index (χ1) is 6.74. The van der Waals surface area contributed by atoms with Crippen molar-refractivity contribution in [1.29, 1.82) is 0 Å². The molecule has 0 aliphatic heterocycles. The number of fused-ring (bicyclic) bond motifs is 1. The minimum Gasteiger partial charge on any atom is -0.465 e. The Hall–Kier alpha value is -1.69. The molecule has 2 rings (SSSR count). The molecular weight excluding hydrogens is 202 g/mol. The molecule has 0 amide bonds. The number of ether oxygens (including phenoxy) is 1. The average Bonchev–Trinajstić information content (AvgIpc) is 2.62. The molecule has 0 atom stereocenters. The molecule has 0 spiro atoms. The van der Waals surface area contributed by atoms with E-state index in [1.807, 2.05) is 0 Å². The zero-order valence-electron chi connectivity index (χ0n) is 7.35. The second-order valence-corrected chi connectivity index (χ2v) is 3.46. The maximum absolute atomic E-state index is 11.3. The van der Waals surface area contributed by atoms with Gasteiger partial charge in [0, 0.05) is 5.38 Å². The fraction of sp³-hybridized carbons (Fsp3) is 0.125. The molecule has 2 aromatic rings. The van der Waals surface area contributed by atoms with Gasteiger partial charge < -0.3 is 10.5 Å². The summed E-state index contributed by atoms with van der Waals surface area (Å²) in [5.41, 5.74) is 6.60. The highest BCUT2D eigenvalue weighted by atomic mass is 32.1. The van der Waals surface area contributed by atoms with Gasteiger partial charge in [0.05, 0.1) is 17.4 Å². The minimum absolute atomic E-state index is 0.384. The Morgan fingerprint density at radius 3 is 3.07 bits per heavy atom. The fourth-order valence-corrected chi connectivity index (χ4v) is 2.02. The highest BCUT2D eigenvalue weighted by Crippen LogP contribution is 2.27. The van der Waals surface area contributed by atoms with Gasteiger partial charge in [-0.25, -0.2) is 14.8 Å². The van der Waals surface area contributed by atoms with Crippen LogP contribution in [0.15, 0.2) is 11.7 Å². The summed E-state index contributed by atoms with van der Waals surface area (Å²) in [7, 11) is 1.33. The summed E-state index contributed by atoms with van der Waals surface area (Å²) >= 11 is 1.33. The summed E-state index contributed by atoms with van der Waals surface area (Å²) in [5, 5.41) is 1.67. The van der Waals surface area contributed by atoms with E-state index in [9.17, 15) is 4.79 Å². The molecule has 0 aliphatic rings. The van der Waals surface area contributed by atoms with E-state index in [1.54, 1.807) is 5.38 Å². The van der Waals surface area contributed by atoms with Crippen LogP contribution in [0.4, 0.5) is 5.82 Å². The number of methoxy groups -OCH3 is 1. The number of carbonyl (C=O) groups is 1. The van der Waals surface area contributed by atoms with Crippen molar-refractivity contribution in [2.75, 3.05) is 12.8 Å². The van der Waals surface area contributed by atoms with Gasteiger partial charge in [0.1, 0.15) is 17.7 Å². The topological polar surface area (TPSA) is 78.1 Å². The molecule has 2 N–H and O–H groups in total. The van der Waals surface area contributed by atoms with Crippen molar-refractivity contribution in [2.45, 2.75) is 0 Å². The molecule has 0 radical (unpaired) electrons. The van der Waals surface area contributed by atoms with E-state index < -0.39 is 5.97 Å². The highest BCUT2D eigenvalue weighted by molar-refractivity contribution is 7.18. The SMILES string of the molecule is COC(=O)c1csc2c(N)ncnc12. The first-order valence-corrected chi connectivity index (χ1v) is 4.68. The molecule has 2 aromatic heterocycles. The first kappa shape index (κ1) is 8.89. The largest absolute Gasteiger partial charge is 0.465 e. The van der Waals surface area contributed by atoms with Crippen LogP contribution in [0, 0.1) is 0 Å². The lowest BCUT2D eigenvalue weighted by molar-refractivity contribution is 0.0603. The van der Waals surface area contributed by atoms with Crippen molar-refractivity contribution >= 4 is 33.3 Å². The number of hydrogen-bond donors (Lipinski definition) is 1. The number of carbonyl (C=O) groups excluding carboxylic acids is 1. The number of nitrogens with two attached hydrogens (primary N) is 1. The molecule has 0 bridgehead atoms. The van der Waals surface area contributed by atoms with E-state index in [0.29, 0.717) is 21.6 Å². The molecule has 0 aliphatic carbocycles. The molecule has 14 heavy (non-hydrogen) atoms. The van der Waals surface area contributed by atoms with Crippen LogP contribution < -0.4 is 5.73 Å². The molecule has 0 fully saturated rings. The van der Waals surface area contributed by atoms with Crippen LogP contribution in [-0.2, 0) is 4.74 Å². The molecule has 5 nitrogen and oxygen atoms in total. The number of rotatable bonds is 1. The predicted octanol–water partition coefficient (Wildman–Crippen LogP) is 1.06. The van der Waals surface area contributed by atoms with E-state index in [-0.39, 0.29) is 0 Å². The zero-order valence-corrected chi connectivity index (χ0v) is 8.17. The third-order valence-electron chi connectivity index (χ3n) is 1.79. The fourth-order valence-electron chi connectivity index (χ4n) is 1.12. The summed E-state index contributed by atoms with van der Waals surface area (Å²) < 4.78 is 5.32. The van der Waals surface area contributed by atoms with Crippen molar-refractivity contribution in [1.82, 2.24) is 9.97 Å². The Labute approximate surface area is 83.5 Å². The van der Waals surface area contributed by atoms with Gasteiger partial charge in [-0.1, -0.05) is 0 Å². The van der Waals surface area contributed by atoms with E-state index in [4.69, 9.17) is 5.73 Å². The van der Waals surface area contributed by atoms with Crippen molar-refractivity contribution in [3.63, 3.8) is 0 Å². The molecule has 6 heteroatoms. The van der Waals surface area contributed by atoms with Crippen LogP contribution in [0.2, 0.25) is 0 Å². The number of thiophene rings is 1. The molecule has 0 unspecified atom stereocenters. The molecular formula is C8H7N3O2S. The maximum atomic E-state index is 11.3. The summed E-state index contributed by atoms with van der Waals surface area (Å²) in [6.45, 7) is 0. The van der Waals surface area contributed by atoms with Gasteiger partial charge in [0.15, 0.2) is 0 Å². The highest BCUT2D eigenvalue weighted by Gasteiger charge is 2.15. The molecule has 0 aromatic carbocycles. The van der Waals surface area contributed by atoms with E-state index in [0.717, 1.165) is 0 Å². The molecule has 72 valence electrons. The predicted molar refractivity (Wildman–Crippen MR) is 53.2 cm³/mol. The van der Waals surface area contributed by atoms with Gasteiger partial charge in [-0.3, -0.25) is 0 Å². The normalized spacial score (nSPS) is 10.4. The third kappa shape index (κ3) is 1.20. The van der Waals surface area contributed by atoms with Crippen molar-refractivity contribution in [3.05, 3.63) is 17.3 Å². The van der Waals surface area contributed by atoms with Crippen LogP contribution >= 0.6 is 11.3 Å². The lowest BCUT2D eigenvalue weighted by Crippen LogP contribution is -2.01. The maximum Gasteiger partial charge on any atom is 0.340 e. The summed E-state index contributed by atoms with van der Waals surface area (Å²) in [6, 6.07) is 0. The van der Waals surface area contributed by atoms with Gasteiger partial charge >= 0.3 is 5.97 Å². The van der Waals surface area contributed by atoms with Crippen LogP contribution in [0.5, 0.6) is 0 Å². The van der Waals surface area contributed by atoms with E-state index in [2.05, 4.69) is 14.7 Å². The molecule has 0 saturated carbocycles. The quantitative estimate of drug-likeness (QED) is 0.710. The molecule has 2 heterocycles. The number of esters is 1. The Balaban J connectivity index is 2.70. The number of nitrogen functional groups attached to an aromatic ring is 1. The smallest absolute Gasteiger partial charge is 0.340 e. The van der Waals surface area contributed by atoms with Gasteiger partial charge in [-0.05, 0) is 0 Å².